The second-order valence-electron chi connectivity index (χ2n) is 3.08. The van der Waals surface area contributed by atoms with Gasteiger partial charge in [0.2, 0.25) is 6.41 Å². The molecule has 1 aromatic carbocycles. The fraction of sp³-hybridized carbons (Fsp3) is 0.0909. The second-order valence-corrected chi connectivity index (χ2v) is 4.17. The zero-order valence-corrected chi connectivity index (χ0v) is 9.34. The van der Waals surface area contributed by atoms with E-state index < -0.39 is 0 Å². The largest absolute Gasteiger partial charge is 0.465 e. The number of nitrogens with one attached hydrogen (secondary N) is 1. The van der Waals surface area contributed by atoms with E-state index >= 15 is 0 Å². The third-order valence-corrected chi connectivity index (χ3v) is 3.24. The topological polar surface area (TPSA) is 55.4 Å². The second kappa shape index (κ2) is 4.32. The molecule has 1 N–H and O–H groups in total. The minimum atomic E-state index is -0.363. The highest BCUT2D eigenvalue weighted by Crippen LogP contribution is 2.31. The fourth-order valence-electron chi connectivity index (χ4n) is 1.45. The van der Waals surface area contributed by atoms with Crippen molar-refractivity contribution in [2.24, 2.45) is 0 Å². The number of ether oxygens (including phenoxy) is 1. The number of carbonyl (C=O) groups excluding carboxylic acids is 2. The molecule has 0 aliphatic carbocycles. The zero-order valence-electron chi connectivity index (χ0n) is 8.52. The summed E-state index contributed by atoms with van der Waals surface area (Å²) in [6.45, 7) is 0. The van der Waals surface area contributed by atoms with Gasteiger partial charge in [0.15, 0.2) is 0 Å². The maximum absolute atomic E-state index is 11.4. The first-order valence-corrected chi connectivity index (χ1v) is 5.39. The van der Waals surface area contributed by atoms with Crippen molar-refractivity contribution >= 4 is 39.5 Å². The van der Waals surface area contributed by atoms with Gasteiger partial charge in [0.1, 0.15) is 4.88 Å². The summed E-state index contributed by atoms with van der Waals surface area (Å²) in [5.41, 5.74) is 0.693. The normalized spacial score (nSPS) is 10.1. The van der Waals surface area contributed by atoms with Crippen LogP contribution in [-0.2, 0) is 9.53 Å². The van der Waals surface area contributed by atoms with Gasteiger partial charge in [-0.15, -0.1) is 11.3 Å². The lowest BCUT2D eigenvalue weighted by atomic mass is 10.2. The molecule has 2 aromatic rings. The average molecular weight is 235 g/mol. The van der Waals surface area contributed by atoms with Gasteiger partial charge < -0.3 is 10.1 Å². The summed E-state index contributed by atoms with van der Waals surface area (Å²) in [5, 5.41) is 3.44. The number of benzene rings is 1. The predicted molar refractivity (Wildman–Crippen MR) is 62.9 cm³/mol. The Balaban J connectivity index is 2.56. The Morgan fingerprint density at radius 2 is 2.31 bits per heavy atom. The molecule has 0 spiro atoms. The molecular weight excluding hydrogens is 226 g/mol. The first kappa shape index (κ1) is 10.6. The van der Waals surface area contributed by atoms with Gasteiger partial charge in [-0.2, -0.15) is 0 Å². The number of fused-ring (bicyclic) bond motifs is 1. The van der Waals surface area contributed by atoms with Crippen LogP contribution in [0.4, 0.5) is 5.69 Å². The molecule has 4 nitrogen and oxygen atoms in total. The number of carbonyl (C=O) groups is 2. The van der Waals surface area contributed by atoms with Crippen LogP contribution in [0, 0.1) is 0 Å². The van der Waals surface area contributed by atoms with Crippen LogP contribution in [0.2, 0.25) is 0 Å². The maximum atomic E-state index is 11.4. The fourth-order valence-corrected chi connectivity index (χ4v) is 2.46. The monoisotopic (exact) mass is 235 g/mol. The third kappa shape index (κ3) is 1.77. The predicted octanol–water partition coefficient (Wildman–Crippen LogP) is 2.26. The SMILES string of the molecule is COC(=O)c1cc2c(NC=O)cccc2s1. The van der Waals surface area contributed by atoms with E-state index in [1.165, 1.54) is 18.4 Å². The number of methoxy groups -OCH3 is 1. The summed E-state index contributed by atoms with van der Waals surface area (Å²) >= 11 is 1.34. The molecule has 0 unspecified atom stereocenters. The smallest absolute Gasteiger partial charge is 0.348 e. The van der Waals surface area contributed by atoms with Crippen LogP contribution >= 0.6 is 11.3 Å². The van der Waals surface area contributed by atoms with Crippen molar-refractivity contribution in [1.82, 2.24) is 0 Å². The standard InChI is InChI=1S/C11H9NO3S/c1-15-11(14)10-5-7-8(12-6-13)3-2-4-9(7)16-10/h2-6H,1H3,(H,12,13). The summed E-state index contributed by atoms with van der Waals surface area (Å²) in [5.74, 6) is -0.363. The molecule has 1 aromatic heterocycles. The van der Waals surface area contributed by atoms with Crippen molar-refractivity contribution in [2.45, 2.75) is 0 Å². The number of hydrogen-bond acceptors (Lipinski definition) is 4. The molecule has 0 atom stereocenters. The third-order valence-electron chi connectivity index (χ3n) is 2.16. The molecule has 0 aliphatic rings. The first-order valence-electron chi connectivity index (χ1n) is 4.57. The Hall–Kier alpha value is -1.88. The molecule has 16 heavy (non-hydrogen) atoms. The van der Waals surface area contributed by atoms with Crippen molar-refractivity contribution in [1.29, 1.82) is 0 Å². The van der Waals surface area contributed by atoms with E-state index in [1.807, 2.05) is 12.1 Å². The molecule has 0 saturated carbocycles. The Morgan fingerprint density at radius 1 is 1.50 bits per heavy atom. The lowest BCUT2D eigenvalue weighted by molar-refractivity contribution is -0.105. The number of hydrogen-bond donors (Lipinski definition) is 1. The highest BCUT2D eigenvalue weighted by Gasteiger charge is 2.11. The van der Waals surface area contributed by atoms with Crippen molar-refractivity contribution < 1.29 is 14.3 Å². The molecule has 2 rings (SSSR count). The van der Waals surface area contributed by atoms with Gasteiger partial charge in [-0.1, -0.05) is 6.07 Å². The lowest BCUT2D eigenvalue weighted by Crippen LogP contribution is -1.97. The minimum Gasteiger partial charge on any atom is -0.465 e. The van der Waals surface area contributed by atoms with Crippen LogP contribution in [0.15, 0.2) is 24.3 Å². The van der Waals surface area contributed by atoms with Crippen LogP contribution in [0.5, 0.6) is 0 Å². The average Bonchev–Trinajstić information content (AvgIpc) is 2.73. The summed E-state index contributed by atoms with van der Waals surface area (Å²) in [4.78, 5) is 22.3. The molecule has 82 valence electrons. The van der Waals surface area contributed by atoms with Gasteiger partial charge in [-0.3, -0.25) is 4.79 Å². The van der Waals surface area contributed by atoms with Gasteiger partial charge >= 0.3 is 5.97 Å². The van der Waals surface area contributed by atoms with Crippen LogP contribution in [0.25, 0.3) is 10.1 Å². The van der Waals surface area contributed by atoms with Crippen LogP contribution < -0.4 is 5.32 Å². The van der Waals surface area contributed by atoms with Crippen LogP contribution in [-0.4, -0.2) is 19.5 Å². The quantitative estimate of drug-likeness (QED) is 0.655. The van der Waals surface area contributed by atoms with E-state index in [0.29, 0.717) is 17.0 Å². The van der Waals surface area contributed by atoms with Crippen molar-refractivity contribution in [3.63, 3.8) is 0 Å². The Morgan fingerprint density at radius 3 is 3.00 bits per heavy atom. The number of esters is 1. The highest BCUT2D eigenvalue weighted by molar-refractivity contribution is 7.20. The van der Waals surface area contributed by atoms with Gasteiger partial charge in [-0.25, -0.2) is 4.79 Å². The van der Waals surface area contributed by atoms with E-state index in [4.69, 9.17) is 0 Å². The van der Waals surface area contributed by atoms with Crippen molar-refractivity contribution in [2.75, 3.05) is 12.4 Å². The van der Waals surface area contributed by atoms with E-state index in [2.05, 4.69) is 10.1 Å². The minimum absolute atomic E-state index is 0.363. The number of thiophene rings is 1. The van der Waals surface area contributed by atoms with E-state index in [9.17, 15) is 9.59 Å². The zero-order chi connectivity index (χ0) is 11.5. The molecule has 1 heterocycles. The van der Waals surface area contributed by atoms with Gasteiger partial charge in [0, 0.05) is 15.8 Å². The molecule has 0 saturated heterocycles. The number of rotatable bonds is 3. The van der Waals surface area contributed by atoms with E-state index in [-0.39, 0.29) is 5.97 Å². The number of amides is 1. The molecule has 0 bridgehead atoms. The molecule has 5 heteroatoms. The summed E-state index contributed by atoms with van der Waals surface area (Å²) < 4.78 is 5.58. The summed E-state index contributed by atoms with van der Waals surface area (Å²) in [7, 11) is 1.34. The molecule has 0 fully saturated rings. The van der Waals surface area contributed by atoms with Gasteiger partial charge in [0.25, 0.3) is 0 Å². The molecule has 0 aliphatic heterocycles. The summed E-state index contributed by atoms with van der Waals surface area (Å²) in [6.07, 6.45) is 0.615. The lowest BCUT2D eigenvalue weighted by Gasteiger charge is -1.98. The van der Waals surface area contributed by atoms with Gasteiger partial charge in [-0.05, 0) is 18.2 Å². The molecule has 1 amide bonds. The van der Waals surface area contributed by atoms with Crippen LogP contribution in [0.3, 0.4) is 0 Å². The maximum Gasteiger partial charge on any atom is 0.348 e. The number of anilines is 1. The van der Waals surface area contributed by atoms with Crippen LogP contribution in [0.1, 0.15) is 9.67 Å². The first-order chi connectivity index (χ1) is 7.76. The summed E-state index contributed by atoms with van der Waals surface area (Å²) in [6, 6.07) is 7.22. The Kier molecular flexibility index (Phi) is 2.87. The molecule has 0 radical (unpaired) electrons. The van der Waals surface area contributed by atoms with Crippen molar-refractivity contribution in [3.8, 4) is 0 Å². The van der Waals surface area contributed by atoms with Gasteiger partial charge in [0.05, 0.1) is 7.11 Å². The van der Waals surface area contributed by atoms with E-state index in [0.717, 1.165) is 10.1 Å². The molecular formula is C11H9NO3S. The van der Waals surface area contributed by atoms with Crippen molar-refractivity contribution in [3.05, 3.63) is 29.1 Å². The van der Waals surface area contributed by atoms with E-state index in [1.54, 1.807) is 12.1 Å². The Labute approximate surface area is 95.8 Å². The highest BCUT2D eigenvalue weighted by atomic mass is 32.1. The Bertz CT molecular complexity index is 547.